The first-order valence-corrected chi connectivity index (χ1v) is 14.2. The van der Waals surface area contributed by atoms with Crippen LogP contribution in [-0.4, -0.2) is 95.6 Å². The zero-order chi connectivity index (χ0) is 27.3. The molecule has 0 bridgehead atoms. The summed E-state index contributed by atoms with van der Waals surface area (Å²) in [5.41, 5.74) is -0.758. The van der Waals surface area contributed by atoms with Gasteiger partial charge in [0, 0.05) is 57.2 Å². The Morgan fingerprint density at radius 1 is 0.974 bits per heavy atom. The van der Waals surface area contributed by atoms with Gasteiger partial charge >= 0.3 is 0 Å². The number of amides is 1. The number of sulfonamides is 1. The van der Waals surface area contributed by atoms with E-state index in [9.17, 15) is 17.6 Å². The van der Waals surface area contributed by atoms with Gasteiger partial charge in [0.25, 0.3) is 0 Å². The lowest BCUT2D eigenvalue weighted by molar-refractivity contribution is -0.136. The highest BCUT2D eigenvalue weighted by atomic mass is 32.2. The maximum Gasteiger partial charge on any atom is 0.246 e. The lowest BCUT2D eigenvalue weighted by Crippen LogP contribution is -2.53. The molecule has 2 heterocycles. The van der Waals surface area contributed by atoms with E-state index in [-0.39, 0.29) is 41.9 Å². The largest absolute Gasteiger partial charge is 0.497 e. The number of methoxy groups -OCH3 is 2. The third kappa shape index (κ3) is 6.39. The van der Waals surface area contributed by atoms with Crippen LogP contribution < -0.4 is 14.2 Å². The quantitative estimate of drug-likeness (QED) is 0.475. The Morgan fingerprint density at radius 2 is 1.66 bits per heavy atom. The summed E-state index contributed by atoms with van der Waals surface area (Å²) in [5.74, 6) is 0.696. The topological polar surface area (TPSA) is 88.6 Å². The van der Waals surface area contributed by atoms with E-state index in [2.05, 4.69) is 4.90 Å². The minimum atomic E-state index is -3.97. The molecule has 2 aromatic rings. The second kappa shape index (κ2) is 11.9. The second-order valence-corrected chi connectivity index (χ2v) is 12.0. The summed E-state index contributed by atoms with van der Waals surface area (Å²) in [6.45, 7) is 3.39. The molecule has 0 aliphatic carbocycles. The van der Waals surface area contributed by atoms with Gasteiger partial charge in [0.05, 0.1) is 20.8 Å². The minimum Gasteiger partial charge on any atom is -0.497 e. The number of carbonyl (C=O) groups excluding carboxylic acids is 1. The van der Waals surface area contributed by atoms with Gasteiger partial charge in [0.15, 0.2) is 0 Å². The molecule has 1 atom stereocenters. The van der Waals surface area contributed by atoms with E-state index in [1.54, 1.807) is 12.1 Å². The molecule has 0 spiro atoms. The number of nitrogens with zero attached hydrogens (tertiary/aromatic N) is 3. The zero-order valence-corrected chi connectivity index (χ0v) is 23.0. The molecule has 0 radical (unpaired) electrons. The predicted molar refractivity (Wildman–Crippen MR) is 141 cm³/mol. The molecule has 0 aromatic heterocycles. The summed E-state index contributed by atoms with van der Waals surface area (Å²) >= 11 is 0. The SMILES string of the molecule is COc1ccc(OC)c(S(=O)(=O)N2CCC[C@](COc3ccc(F)cc3)(CC(=O)N3CCN(C)CC3)C2)c1. The van der Waals surface area contributed by atoms with Gasteiger partial charge in [-0.3, -0.25) is 4.79 Å². The van der Waals surface area contributed by atoms with E-state index < -0.39 is 15.4 Å². The van der Waals surface area contributed by atoms with E-state index in [0.717, 1.165) is 13.1 Å². The van der Waals surface area contributed by atoms with Crippen LogP contribution in [0.5, 0.6) is 17.2 Å². The lowest BCUT2D eigenvalue weighted by Gasteiger charge is -2.43. The van der Waals surface area contributed by atoms with Crippen LogP contribution in [0.4, 0.5) is 4.39 Å². The number of rotatable bonds is 9. The maximum atomic E-state index is 13.9. The Bertz CT molecular complexity index is 1220. The number of piperidine rings is 1. The van der Waals surface area contributed by atoms with Gasteiger partial charge in [-0.1, -0.05) is 0 Å². The van der Waals surface area contributed by atoms with Gasteiger partial charge in [-0.15, -0.1) is 0 Å². The fourth-order valence-corrected chi connectivity index (χ4v) is 6.82. The van der Waals surface area contributed by atoms with Crippen molar-refractivity contribution in [2.75, 3.05) is 67.1 Å². The highest BCUT2D eigenvalue weighted by molar-refractivity contribution is 7.89. The van der Waals surface area contributed by atoms with Crippen molar-refractivity contribution in [3.05, 3.63) is 48.3 Å². The molecule has 0 saturated carbocycles. The van der Waals surface area contributed by atoms with Crippen LogP contribution in [0.2, 0.25) is 0 Å². The van der Waals surface area contributed by atoms with Crippen molar-refractivity contribution in [2.24, 2.45) is 5.41 Å². The maximum absolute atomic E-state index is 13.9. The Labute approximate surface area is 224 Å². The first-order valence-electron chi connectivity index (χ1n) is 12.7. The number of likely N-dealkylation sites (N-methyl/N-ethyl adjacent to an activating group) is 1. The van der Waals surface area contributed by atoms with Crippen molar-refractivity contribution in [2.45, 2.75) is 24.2 Å². The molecular formula is C27H36FN3O6S. The fourth-order valence-electron chi connectivity index (χ4n) is 5.06. The standard InChI is InChI=1S/C27H36FN3O6S/c1-29-13-15-30(16-14-29)26(32)18-27(20-37-22-7-5-21(28)6-8-22)11-4-12-31(19-27)38(33,34)25-17-23(35-2)9-10-24(25)36-3/h5-10,17H,4,11-16,18-20H2,1-3H3/t27-/m0/s1. The predicted octanol–water partition coefficient (Wildman–Crippen LogP) is 2.86. The van der Waals surface area contributed by atoms with Crippen molar-refractivity contribution < 1.29 is 31.8 Å². The molecule has 2 saturated heterocycles. The first kappa shape index (κ1) is 28.1. The number of piperazine rings is 1. The molecule has 9 nitrogen and oxygen atoms in total. The Hall–Kier alpha value is -2.89. The zero-order valence-electron chi connectivity index (χ0n) is 22.2. The van der Waals surface area contributed by atoms with Crippen LogP contribution in [0.25, 0.3) is 0 Å². The number of benzene rings is 2. The number of halogens is 1. The van der Waals surface area contributed by atoms with E-state index in [1.165, 1.54) is 48.9 Å². The number of carbonyl (C=O) groups is 1. The van der Waals surface area contributed by atoms with Gasteiger partial charge in [-0.05, 0) is 56.3 Å². The average Bonchev–Trinajstić information content (AvgIpc) is 2.93. The van der Waals surface area contributed by atoms with Crippen molar-refractivity contribution >= 4 is 15.9 Å². The highest BCUT2D eigenvalue weighted by Gasteiger charge is 2.44. The highest BCUT2D eigenvalue weighted by Crippen LogP contribution is 2.39. The summed E-state index contributed by atoms with van der Waals surface area (Å²) in [4.78, 5) is 17.5. The normalized spacial score (nSPS) is 21.2. The van der Waals surface area contributed by atoms with Crippen LogP contribution in [0.1, 0.15) is 19.3 Å². The molecule has 11 heteroatoms. The molecule has 0 N–H and O–H groups in total. The monoisotopic (exact) mass is 549 g/mol. The van der Waals surface area contributed by atoms with Crippen molar-refractivity contribution in [3.8, 4) is 17.2 Å². The van der Waals surface area contributed by atoms with E-state index >= 15 is 0 Å². The van der Waals surface area contributed by atoms with Gasteiger partial charge in [0.1, 0.15) is 28.0 Å². The van der Waals surface area contributed by atoms with Gasteiger partial charge < -0.3 is 24.0 Å². The molecule has 1 amide bonds. The molecule has 38 heavy (non-hydrogen) atoms. The smallest absolute Gasteiger partial charge is 0.246 e. The van der Waals surface area contributed by atoms with Gasteiger partial charge in [-0.25, -0.2) is 12.8 Å². The summed E-state index contributed by atoms with van der Waals surface area (Å²) < 4.78 is 59.2. The van der Waals surface area contributed by atoms with Gasteiger partial charge in [-0.2, -0.15) is 4.31 Å². The van der Waals surface area contributed by atoms with Crippen molar-refractivity contribution in [1.29, 1.82) is 0 Å². The number of hydrogen-bond donors (Lipinski definition) is 0. The molecule has 2 aliphatic heterocycles. The number of hydrogen-bond acceptors (Lipinski definition) is 7. The summed E-state index contributed by atoms with van der Waals surface area (Å²) in [6, 6.07) is 10.3. The Morgan fingerprint density at radius 3 is 2.32 bits per heavy atom. The molecule has 2 aliphatic rings. The van der Waals surface area contributed by atoms with Crippen molar-refractivity contribution in [1.82, 2.24) is 14.1 Å². The van der Waals surface area contributed by atoms with Crippen LogP contribution in [-0.2, 0) is 14.8 Å². The Balaban J connectivity index is 1.61. The van der Waals surface area contributed by atoms with E-state index in [4.69, 9.17) is 14.2 Å². The van der Waals surface area contributed by atoms with Gasteiger partial charge in [0.2, 0.25) is 15.9 Å². The van der Waals surface area contributed by atoms with Crippen LogP contribution in [0, 0.1) is 11.2 Å². The van der Waals surface area contributed by atoms with E-state index in [0.29, 0.717) is 44.0 Å². The molecule has 208 valence electrons. The molecule has 2 aromatic carbocycles. The first-order chi connectivity index (χ1) is 18.2. The number of ether oxygens (including phenoxy) is 3. The third-order valence-electron chi connectivity index (χ3n) is 7.36. The Kier molecular flexibility index (Phi) is 8.79. The molecule has 2 fully saturated rings. The lowest BCUT2D eigenvalue weighted by atomic mass is 9.78. The average molecular weight is 550 g/mol. The summed E-state index contributed by atoms with van der Waals surface area (Å²) in [7, 11) is 0.947. The van der Waals surface area contributed by atoms with Crippen LogP contribution in [0.15, 0.2) is 47.4 Å². The minimum absolute atomic E-state index is 0.0139. The van der Waals surface area contributed by atoms with E-state index in [1.807, 2.05) is 11.9 Å². The summed E-state index contributed by atoms with van der Waals surface area (Å²) in [5, 5.41) is 0. The molecule has 0 unspecified atom stereocenters. The summed E-state index contributed by atoms with van der Waals surface area (Å²) in [6.07, 6.45) is 1.34. The third-order valence-corrected chi connectivity index (χ3v) is 9.22. The molecule has 4 rings (SSSR count). The fraction of sp³-hybridized carbons (Fsp3) is 0.519. The van der Waals surface area contributed by atoms with Crippen LogP contribution in [0.3, 0.4) is 0 Å². The molecular weight excluding hydrogens is 513 g/mol. The van der Waals surface area contributed by atoms with Crippen molar-refractivity contribution in [3.63, 3.8) is 0 Å². The van der Waals surface area contributed by atoms with Crippen LogP contribution >= 0.6 is 0 Å². The second-order valence-electron chi connectivity index (χ2n) is 10.1.